The second kappa shape index (κ2) is 34.4. The molecule has 1 amide bonds. The normalized spacial score (nSPS) is 13.3. The monoisotopic (exact) mass is 592 g/mol. The Kier molecular flexibility index (Phi) is 33.4. The van der Waals surface area contributed by atoms with Crippen molar-refractivity contribution in [3.8, 4) is 0 Å². The molecule has 4 nitrogen and oxygen atoms in total. The van der Waals surface area contributed by atoms with Gasteiger partial charge in [0.1, 0.15) is 0 Å². The molecular weight excluding hydrogens is 518 g/mol. The lowest BCUT2D eigenvalue weighted by Crippen LogP contribution is -2.45. The summed E-state index contributed by atoms with van der Waals surface area (Å²) in [5.74, 6) is -0.0735. The van der Waals surface area contributed by atoms with Gasteiger partial charge in [-0.2, -0.15) is 0 Å². The van der Waals surface area contributed by atoms with Crippen molar-refractivity contribution in [1.82, 2.24) is 5.32 Å². The van der Waals surface area contributed by atoms with Crippen molar-refractivity contribution in [2.45, 2.75) is 206 Å². The van der Waals surface area contributed by atoms with Gasteiger partial charge in [-0.3, -0.25) is 4.79 Å². The van der Waals surface area contributed by atoms with Gasteiger partial charge in [0.15, 0.2) is 0 Å². The summed E-state index contributed by atoms with van der Waals surface area (Å²) in [4.78, 5) is 12.3. The molecular formula is C38H73NO3. The number of allylic oxidation sites excluding steroid dienone is 3. The smallest absolute Gasteiger partial charge is 0.220 e. The molecule has 0 rings (SSSR count). The van der Waals surface area contributed by atoms with Crippen molar-refractivity contribution < 1.29 is 15.0 Å². The molecule has 248 valence electrons. The van der Waals surface area contributed by atoms with Crippen LogP contribution < -0.4 is 5.32 Å². The first-order chi connectivity index (χ1) is 20.7. The maximum Gasteiger partial charge on any atom is 0.220 e. The molecule has 0 aromatic heterocycles. The zero-order chi connectivity index (χ0) is 30.8. The maximum absolute atomic E-state index is 12.3. The lowest BCUT2D eigenvalue weighted by atomic mass is 10.0. The molecule has 0 heterocycles. The number of aliphatic hydroxyl groups excluding tert-OH is 2. The van der Waals surface area contributed by atoms with Crippen LogP contribution in [0.2, 0.25) is 0 Å². The van der Waals surface area contributed by atoms with Crippen LogP contribution in [0.1, 0.15) is 194 Å². The van der Waals surface area contributed by atoms with Gasteiger partial charge in [-0.15, -0.1) is 0 Å². The Bertz CT molecular complexity index is 603. The van der Waals surface area contributed by atoms with E-state index < -0.39 is 12.1 Å². The SMILES string of the molecule is CCCCCCCC/C=C/CC/C=C/C(O)C(CO)NC(=O)CCCCCCCCCCCCCCCCCCCC. The van der Waals surface area contributed by atoms with Crippen molar-refractivity contribution in [1.29, 1.82) is 0 Å². The van der Waals surface area contributed by atoms with E-state index in [4.69, 9.17) is 0 Å². The van der Waals surface area contributed by atoms with Crippen molar-refractivity contribution in [2.75, 3.05) is 6.61 Å². The van der Waals surface area contributed by atoms with E-state index in [2.05, 4.69) is 31.3 Å². The van der Waals surface area contributed by atoms with Crippen LogP contribution in [0.4, 0.5) is 0 Å². The van der Waals surface area contributed by atoms with Crippen LogP contribution in [0.5, 0.6) is 0 Å². The number of amides is 1. The first kappa shape index (κ1) is 40.9. The Labute approximate surface area is 262 Å². The lowest BCUT2D eigenvalue weighted by molar-refractivity contribution is -0.123. The Morgan fingerprint density at radius 2 is 0.929 bits per heavy atom. The van der Waals surface area contributed by atoms with Gasteiger partial charge >= 0.3 is 0 Å². The van der Waals surface area contributed by atoms with Crippen LogP contribution in [0.15, 0.2) is 24.3 Å². The van der Waals surface area contributed by atoms with Crippen LogP contribution >= 0.6 is 0 Å². The van der Waals surface area contributed by atoms with Crippen LogP contribution in [0.3, 0.4) is 0 Å². The molecule has 0 saturated carbocycles. The zero-order valence-corrected chi connectivity index (χ0v) is 28.3. The molecule has 0 saturated heterocycles. The largest absolute Gasteiger partial charge is 0.394 e. The highest BCUT2D eigenvalue weighted by molar-refractivity contribution is 5.76. The number of carbonyl (C=O) groups is 1. The minimum Gasteiger partial charge on any atom is -0.394 e. The molecule has 0 aromatic carbocycles. The standard InChI is InChI=1S/C38H73NO3/c1-3-5-7-9-11-13-15-17-18-19-20-21-22-24-26-28-30-32-34-38(42)39-36(35-40)37(41)33-31-29-27-25-23-16-14-12-10-8-6-4-2/h23,25,31,33,36-37,40-41H,3-22,24,26-30,32,34-35H2,1-2H3,(H,39,42)/b25-23+,33-31+. The number of hydrogen-bond acceptors (Lipinski definition) is 3. The minimum absolute atomic E-state index is 0.0735. The fraction of sp³-hybridized carbons (Fsp3) is 0.868. The molecule has 2 unspecified atom stereocenters. The number of nitrogens with one attached hydrogen (secondary N) is 1. The minimum atomic E-state index is -0.855. The predicted molar refractivity (Wildman–Crippen MR) is 184 cm³/mol. The first-order valence-electron chi connectivity index (χ1n) is 18.6. The molecule has 3 N–H and O–H groups in total. The van der Waals surface area contributed by atoms with Crippen molar-refractivity contribution in [3.63, 3.8) is 0 Å². The summed E-state index contributed by atoms with van der Waals surface area (Å²) in [5, 5.41) is 22.8. The summed E-state index contributed by atoms with van der Waals surface area (Å²) in [6, 6.07) is -0.632. The Balaban J connectivity index is 3.60. The summed E-state index contributed by atoms with van der Waals surface area (Å²) in [6.45, 7) is 4.28. The van der Waals surface area contributed by atoms with E-state index in [1.165, 1.54) is 141 Å². The molecule has 0 fully saturated rings. The topological polar surface area (TPSA) is 69.6 Å². The lowest BCUT2D eigenvalue weighted by Gasteiger charge is -2.19. The van der Waals surface area contributed by atoms with E-state index in [-0.39, 0.29) is 12.5 Å². The number of rotatable bonds is 33. The molecule has 0 aliphatic carbocycles. The van der Waals surface area contributed by atoms with Gasteiger partial charge in [0.2, 0.25) is 5.91 Å². The number of carbonyl (C=O) groups excluding carboxylic acids is 1. The molecule has 0 aliphatic heterocycles. The van der Waals surface area contributed by atoms with Gasteiger partial charge in [0.05, 0.1) is 18.8 Å². The summed E-state index contributed by atoms with van der Waals surface area (Å²) in [7, 11) is 0. The summed E-state index contributed by atoms with van der Waals surface area (Å²) in [5.41, 5.74) is 0. The highest BCUT2D eigenvalue weighted by Crippen LogP contribution is 2.15. The number of hydrogen-bond donors (Lipinski definition) is 3. The van der Waals surface area contributed by atoms with Gasteiger partial charge in [-0.1, -0.05) is 179 Å². The van der Waals surface area contributed by atoms with Crippen molar-refractivity contribution in [2.24, 2.45) is 0 Å². The van der Waals surface area contributed by atoms with Gasteiger partial charge in [-0.05, 0) is 32.1 Å². The molecule has 2 atom stereocenters. The van der Waals surface area contributed by atoms with Crippen LogP contribution in [0, 0.1) is 0 Å². The van der Waals surface area contributed by atoms with E-state index in [9.17, 15) is 15.0 Å². The third-order valence-corrected chi connectivity index (χ3v) is 8.44. The van der Waals surface area contributed by atoms with Gasteiger partial charge in [0.25, 0.3) is 0 Å². The first-order valence-corrected chi connectivity index (χ1v) is 18.6. The quantitative estimate of drug-likeness (QED) is 0.0525. The maximum atomic E-state index is 12.3. The third kappa shape index (κ3) is 30.3. The van der Waals surface area contributed by atoms with E-state index >= 15 is 0 Å². The average molecular weight is 592 g/mol. The Morgan fingerprint density at radius 3 is 1.38 bits per heavy atom. The molecule has 0 spiro atoms. The highest BCUT2D eigenvalue weighted by atomic mass is 16.3. The average Bonchev–Trinajstić information content (AvgIpc) is 2.99. The Morgan fingerprint density at radius 1 is 0.548 bits per heavy atom. The van der Waals surface area contributed by atoms with Crippen LogP contribution in [0.25, 0.3) is 0 Å². The zero-order valence-electron chi connectivity index (χ0n) is 28.3. The summed E-state index contributed by atoms with van der Waals surface area (Å²) in [6.07, 6.45) is 42.6. The van der Waals surface area contributed by atoms with Crippen molar-refractivity contribution in [3.05, 3.63) is 24.3 Å². The molecule has 4 heteroatoms. The van der Waals surface area contributed by atoms with Gasteiger partial charge in [-0.25, -0.2) is 0 Å². The van der Waals surface area contributed by atoms with E-state index in [1.807, 2.05) is 6.08 Å². The number of aliphatic hydroxyl groups is 2. The number of unbranched alkanes of at least 4 members (excludes halogenated alkanes) is 24. The summed E-state index contributed by atoms with van der Waals surface area (Å²) < 4.78 is 0. The third-order valence-electron chi connectivity index (χ3n) is 8.44. The van der Waals surface area contributed by atoms with Crippen molar-refractivity contribution >= 4 is 5.91 Å². The molecule has 0 aromatic rings. The molecule has 0 bridgehead atoms. The fourth-order valence-electron chi connectivity index (χ4n) is 5.55. The van der Waals surface area contributed by atoms with Gasteiger partial charge < -0.3 is 15.5 Å². The summed E-state index contributed by atoms with van der Waals surface area (Å²) >= 11 is 0. The predicted octanol–water partition coefficient (Wildman–Crippen LogP) is 10.9. The molecule has 0 aliphatic rings. The van der Waals surface area contributed by atoms with Crippen LogP contribution in [-0.2, 0) is 4.79 Å². The van der Waals surface area contributed by atoms with E-state index in [0.29, 0.717) is 6.42 Å². The Hall–Kier alpha value is -1.13. The fourth-order valence-corrected chi connectivity index (χ4v) is 5.55. The highest BCUT2D eigenvalue weighted by Gasteiger charge is 2.17. The van der Waals surface area contributed by atoms with Gasteiger partial charge in [0, 0.05) is 6.42 Å². The van der Waals surface area contributed by atoms with E-state index in [0.717, 1.165) is 32.1 Å². The molecule has 42 heavy (non-hydrogen) atoms. The van der Waals surface area contributed by atoms with Crippen LogP contribution in [-0.4, -0.2) is 34.9 Å². The molecule has 0 radical (unpaired) electrons. The van der Waals surface area contributed by atoms with E-state index in [1.54, 1.807) is 6.08 Å². The second-order valence-electron chi connectivity index (χ2n) is 12.6. The second-order valence-corrected chi connectivity index (χ2v) is 12.6.